The van der Waals surface area contributed by atoms with Gasteiger partial charge < -0.3 is 9.47 Å². The largest absolute Gasteiger partial charge is 0.459 e. The highest BCUT2D eigenvalue weighted by atomic mass is 32.2. The lowest BCUT2D eigenvalue weighted by Gasteiger charge is -2.36. The Hall–Kier alpha value is -1.51. The van der Waals surface area contributed by atoms with Gasteiger partial charge in [-0.1, -0.05) is 6.92 Å². The van der Waals surface area contributed by atoms with Crippen LogP contribution >= 0.6 is 0 Å². The third-order valence-corrected chi connectivity index (χ3v) is 5.31. The molecular weight excluding hydrogens is 356 g/mol. The van der Waals surface area contributed by atoms with Gasteiger partial charge >= 0.3 is 5.97 Å². The maximum Gasteiger partial charge on any atom is 0.339 e. The summed E-state index contributed by atoms with van der Waals surface area (Å²) in [4.78, 5) is 16.0. The van der Waals surface area contributed by atoms with E-state index < -0.39 is 27.6 Å². The molecule has 1 aromatic heterocycles. The number of hydrogen-bond acceptors (Lipinski definition) is 6. The smallest absolute Gasteiger partial charge is 0.339 e. The van der Waals surface area contributed by atoms with Crippen LogP contribution in [0.15, 0.2) is 24.5 Å². The fourth-order valence-corrected chi connectivity index (χ4v) is 3.82. The van der Waals surface area contributed by atoms with Crippen LogP contribution in [0.4, 0.5) is 0 Å². The van der Waals surface area contributed by atoms with Gasteiger partial charge in [0, 0.05) is 24.5 Å². The first-order valence-electron chi connectivity index (χ1n) is 8.65. The van der Waals surface area contributed by atoms with Crippen LogP contribution in [0, 0.1) is 0 Å². The van der Waals surface area contributed by atoms with Gasteiger partial charge in [-0.15, -0.1) is 0 Å². The second-order valence-electron chi connectivity index (χ2n) is 7.28. The Balaban J connectivity index is 2.88. The number of carbonyl (C=O) groups is 1. The highest BCUT2D eigenvalue weighted by Gasteiger charge is 2.33. The summed E-state index contributed by atoms with van der Waals surface area (Å²) in [5.74, 6) is -0.516. The highest BCUT2D eigenvalue weighted by molar-refractivity contribution is 7.88. The molecule has 0 radical (unpaired) electrons. The zero-order valence-electron chi connectivity index (χ0n) is 16.4. The number of esters is 1. The Morgan fingerprint density at radius 2 is 2.00 bits per heavy atom. The third-order valence-electron chi connectivity index (χ3n) is 3.82. The molecule has 2 atom stereocenters. The van der Waals surface area contributed by atoms with Crippen LogP contribution in [-0.2, 0) is 19.5 Å². The van der Waals surface area contributed by atoms with Gasteiger partial charge in [-0.3, -0.25) is 4.98 Å². The van der Waals surface area contributed by atoms with Crippen molar-refractivity contribution < 1.29 is 22.7 Å². The molecule has 0 saturated heterocycles. The van der Waals surface area contributed by atoms with E-state index in [9.17, 15) is 13.2 Å². The number of sulfonamides is 1. The zero-order chi connectivity index (χ0) is 20.0. The molecule has 148 valence electrons. The van der Waals surface area contributed by atoms with Crippen molar-refractivity contribution in [3.63, 3.8) is 0 Å². The number of ether oxygens (including phenoxy) is 2. The van der Waals surface area contributed by atoms with E-state index >= 15 is 0 Å². The average Bonchev–Trinajstić information content (AvgIpc) is 2.55. The summed E-state index contributed by atoms with van der Waals surface area (Å²) in [6, 6.07) is 3.26. The number of aromatic nitrogens is 1. The summed E-state index contributed by atoms with van der Waals surface area (Å²) in [5.41, 5.74) is -0.275. The maximum absolute atomic E-state index is 12.2. The van der Waals surface area contributed by atoms with Gasteiger partial charge in [-0.25, -0.2) is 13.2 Å². The third kappa shape index (κ3) is 7.39. The predicted molar refractivity (Wildman–Crippen MR) is 100 cm³/mol. The zero-order valence-corrected chi connectivity index (χ0v) is 17.2. The van der Waals surface area contributed by atoms with Crippen LogP contribution in [0.2, 0.25) is 0 Å². The molecule has 0 spiro atoms. The fraction of sp³-hybridized carbons (Fsp3) is 0.667. The molecule has 0 N–H and O–H groups in total. The quantitative estimate of drug-likeness (QED) is 0.606. The van der Waals surface area contributed by atoms with Crippen molar-refractivity contribution in [2.24, 2.45) is 0 Å². The van der Waals surface area contributed by atoms with Crippen molar-refractivity contribution in [2.45, 2.75) is 58.8 Å². The average molecular weight is 387 g/mol. The molecule has 7 nitrogen and oxygen atoms in total. The Morgan fingerprint density at radius 1 is 1.35 bits per heavy atom. The summed E-state index contributed by atoms with van der Waals surface area (Å²) in [6.45, 7) is 9.38. The van der Waals surface area contributed by atoms with Gasteiger partial charge in [0.2, 0.25) is 10.0 Å². The van der Waals surface area contributed by atoms with E-state index in [1.165, 1.54) is 16.8 Å². The van der Waals surface area contributed by atoms with E-state index in [0.717, 1.165) is 6.42 Å². The molecule has 0 aliphatic carbocycles. The molecule has 1 heterocycles. The standard InChI is InChI=1S/C18H30N2O5S/c1-7-14(2)25-16(12-20(18(3,4)5)26(6,22)23)13-24-17(21)15-9-8-10-19-11-15/h8-11,14,16H,7,12-13H2,1-6H3/t14-,16-/m0/s1. The normalized spacial score (nSPS) is 14.9. The molecular formula is C18H30N2O5S. The SMILES string of the molecule is CC[C@H](C)O[C@H](COC(=O)c1cccnc1)CN(C(C)(C)C)S(C)(=O)=O. The van der Waals surface area contributed by atoms with Crippen molar-refractivity contribution in [2.75, 3.05) is 19.4 Å². The molecule has 26 heavy (non-hydrogen) atoms. The van der Waals surface area contributed by atoms with Gasteiger partial charge in [0.1, 0.15) is 12.7 Å². The second kappa shape index (κ2) is 9.43. The molecule has 0 aromatic carbocycles. The molecule has 8 heteroatoms. The van der Waals surface area contributed by atoms with Crippen LogP contribution < -0.4 is 0 Å². The number of nitrogens with zero attached hydrogens (tertiary/aromatic N) is 2. The van der Waals surface area contributed by atoms with Gasteiger partial charge in [-0.2, -0.15) is 4.31 Å². The highest BCUT2D eigenvalue weighted by Crippen LogP contribution is 2.19. The molecule has 0 aliphatic rings. The lowest BCUT2D eigenvalue weighted by atomic mass is 10.1. The van der Waals surface area contributed by atoms with E-state index in [1.54, 1.807) is 18.3 Å². The van der Waals surface area contributed by atoms with Crippen LogP contribution in [0.3, 0.4) is 0 Å². The van der Waals surface area contributed by atoms with E-state index in [0.29, 0.717) is 5.56 Å². The predicted octanol–water partition coefficient (Wildman–Crippen LogP) is 2.48. The molecule has 0 bridgehead atoms. The molecule has 1 aromatic rings. The Bertz CT molecular complexity index is 671. The molecule has 0 fully saturated rings. The van der Waals surface area contributed by atoms with Gasteiger partial charge in [0.15, 0.2) is 0 Å². The van der Waals surface area contributed by atoms with E-state index in [4.69, 9.17) is 9.47 Å². The summed E-state index contributed by atoms with van der Waals surface area (Å²) in [7, 11) is -3.45. The number of hydrogen-bond donors (Lipinski definition) is 0. The summed E-state index contributed by atoms with van der Waals surface area (Å²) < 4.78 is 37.0. The topological polar surface area (TPSA) is 85.8 Å². The van der Waals surface area contributed by atoms with E-state index in [-0.39, 0.29) is 19.3 Å². The molecule has 1 rings (SSSR count). The van der Waals surface area contributed by atoms with E-state index in [1.807, 2.05) is 34.6 Å². The minimum Gasteiger partial charge on any atom is -0.459 e. The summed E-state index contributed by atoms with van der Waals surface area (Å²) in [5, 5.41) is 0. The van der Waals surface area contributed by atoms with Gasteiger partial charge in [0.05, 0.1) is 17.9 Å². The van der Waals surface area contributed by atoms with Crippen molar-refractivity contribution in [1.29, 1.82) is 0 Å². The lowest BCUT2D eigenvalue weighted by molar-refractivity contribution is -0.0524. The lowest BCUT2D eigenvalue weighted by Crippen LogP contribution is -2.50. The van der Waals surface area contributed by atoms with Crippen molar-refractivity contribution in [1.82, 2.24) is 9.29 Å². The minimum atomic E-state index is -3.45. The second-order valence-corrected chi connectivity index (χ2v) is 9.19. The van der Waals surface area contributed by atoms with Crippen LogP contribution in [0.1, 0.15) is 51.4 Å². The summed E-state index contributed by atoms with van der Waals surface area (Å²) >= 11 is 0. The Labute approximate surface area is 156 Å². The van der Waals surface area contributed by atoms with Gasteiger partial charge in [-0.05, 0) is 46.2 Å². The van der Waals surface area contributed by atoms with Crippen molar-refractivity contribution in [3.05, 3.63) is 30.1 Å². The number of carbonyl (C=O) groups excluding carboxylic acids is 1. The molecule has 0 amide bonds. The monoisotopic (exact) mass is 386 g/mol. The first-order chi connectivity index (χ1) is 11.9. The Kier molecular flexibility index (Phi) is 8.17. The van der Waals surface area contributed by atoms with Crippen molar-refractivity contribution in [3.8, 4) is 0 Å². The fourth-order valence-electron chi connectivity index (χ4n) is 2.39. The molecule has 0 saturated carbocycles. The Morgan fingerprint density at radius 3 is 2.46 bits per heavy atom. The molecule has 0 unspecified atom stereocenters. The molecule has 0 aliphatic heterocycles. The minimum absolute atomic E-state index is 0.0415. The summed E-state index contributed by atoms with van der Waals surface area (Å²) in [6.07, 6.45) is 4.27. The number of rotatable bonds is 9. The van der Waals surface area contributed by atoms with Crippen LogP contribution in [-0.4, -0.2) is 60.8 Å². The van der Waals surface area contributed by atoms with Crippen molar-refractivity contribution >= 4 is 16.0 Å². The first-order valence-corrected chi connectivity index (χ1v) is 10.5. The first kappa shape index (κ1) is 22.5. The van der Waals surface area contributed by atoms with Gasteiger partial charge in [0.25, 0.3) is 0 Å². The van der Waals surface area contributed by atoms with E-state index in [2.05, 4.69) is 4.98 Å². The maximum atomic E-state index is 12.2. The number of pyridine rings is 1. The van der Waals surface area contributed by atoms with Crippen LogP contribution in [0.5, 0.6) is 0 Å². The van der Waals surface area contributed by atoms with Crippen LogP contribution in [0.25, 0.3) is 0 Å².